The Hall–Kier alpha value is -0.970. The molecule has 6 atom stereocenters. The molecule has 1 saturated heterocycles. The first-order chi connectivity index (χ1) is 19.6. The van der Waals surface area contributed by atoms with Crippen LogP contribution in [0, 0.1) is 46.3 Å². The zero-order chi connectivity index (χ0) is 26.0. The lowest BCUT2D eigenvalue weighted by Crippen LogP contribution is -2.60. The smallest absolute Gasteiger partial charge is 0.158 e. The molecule has 208 valence electrons. The normalized spacial score (nSPS) is 58.8. The van der Waals surface area contributed by atoms with Gasteiger partial charge in [-0.1, -0.05) is 50.0 Å². The predicted octanol–water partition coefficient (Wildman–Crippen LogP) is 8.99. The Bertz CT molecular complexity index is 1320. The fourth-order valence-electron chi connectivity index (χ4n) is 14.2. The molecule has 0 amide bonds. The quantitative estimate of drug-likeness (QED) is 0.245. The minimum absolute atomic E-state index is 0.0124. The number of carbonyl (C=O) groups excluding carboxylic acids is 1. The van der Waals surface area contributed by atoms with E-state index in [1.54, 1.807) is 11.1 Å². The number of rotatable bonds is 2. The lowest BCUT2D eigenvalue weighted by molar-refractivity contribution is -0.117. The summed E-state index contributed by atoms with van der Waals surface area (Å²) in [5.74, 6) is 7.32. The summed E-state index contributed by atoms with van der Waals surface area (Å²) in [7, 11) is -1.48. The number of Topliss-reactive ketones (excluding diaryl/α,β-unsaturated/α-hetero) is 1. The second-order valence-corrected chi connectivity index (χ2v) is 21.5. The van der Waals surface area contributed by atoms with Gasteiger partial charge >= 0.3 is 0 Å². The van der Waals surface area contributed by atoms with Crippen LogP contribution in [0.2, 0.25) is 0 Å². The van der Waals surface area contributed by atoms with Gasteiger partial charge in [0.25, 0.3) is 0 Å². The molecule has 9 aliphatic carbocycles. The average Bonchev–Trinajstić information content (AvgIpc) is 3.30. The molecular formula is C36H42O2P2. The summed E-state index contributed by atoms with van der Waals surface area (Å²) in [5.41, 5.74) is 4.79. The zero-order valence-electron chi connectivity index (χ0n) is 23.6. The first-order valence-corrected chi connectivity index (χ1v) is 19.6. The molecule has 5 heterocycles. The number of hydrogen-bond donors (Lipinski definition) is 0. The van der Waals surface area contributed by atoms with E-state index in [1.165, 1.54) is 82.8 Å². The summed E-state index contributed by atoms with van der Waals surface area (Å²) in [4.78, 5) is 14.7. The maximum Gasteiger partial charge on any atom is 0.158 e. The van der Waals surface area contributed by atoms with E-state index in [-0.39, 0.29) is 16.2 Å². The molecule has 12 bridgehead atoms. The van der Waals surface area contributed by atoms with Gasteiger partial charge in [-0.25, -0.2) is 0 Å². The Kier molecular flexibility index (Phi) is 4.44. The largest absolute Gasteiger partial charge is 0.471 e. The topological polar surface area (TPSA) is 26.3 Å². The molecule has 2 unspecified atom stereocenters. The molecule has 40 heavy (non-hydrogen) atoms. The van der Waals surface area contributed by atoms with E-state index in [1.807, 2.05) is 0 Å². The van der Waals surface area contributed by atoms with E-state index in [2.05, 4.69) is 42.5 Å². The average molecular weight is 569 g/mol. The van der Waals surface area contributed by atoms with Crippen molar-refractivity contribution in [2.45, 2.75) is 105 Å². The molecule has 5 aliphatic heterocycles. The van der Waals surface area contributed by atoms with Crippen LogP contribution in [-0.2, 0) is 9.32 Å². The van der Waals surface area contributed by atoms with Gasteiger partial charge in [-0.3, -0.25) is 4.79 Å². The minimum Gasteiger partial charge on any atom is -0.471 e. The first kappa shape index (κ1) is 23.5. The summed E-state index contributed by atoms with van der Waals surface area (Å²) >= 11 is 0. The molecule has 0 N–H and O–H groups in total. The van der Waals surface area contributed by atoms with E-state index in [4.69, 9.17) is 4.52 Å². The van der Waals surface area contributed by atoms with Crippen molar-refractivity contribution >= 4 is 21.9 Å². The first-order valence-electron chi connectivity index (χ1n) is 16.8. The van der Waals surface area contributed by atoms with Crippen LogP contribution in [0.3, 0.4) is 0 Å². The molecule has 14 rings (SSSR count). The Labute approximate surface area is 241 Å². The monoisotopic (exact) mass is 568 g/mol. The van der Waals surface area contributed by atoms with Gasteiger partial charge in [-0.05, 0) is 136 Å². The number of hydrogen-bond acceptors (Lipinski definition) is 2. The highest BCUT2D eigenvalue weighted by atomic mass is 31.2. The van der Waals surface area contributed by atoms with Crippen LogP contribution in [-0.4, -0.2) is 27.7 Å². The summed E-state index contributed by atoms with van der Waals surface area (Å²) in [6.07, 6.45) is 35.9. The lowest BCUT2D eigenvalue weighted by atomic mass is 9.47. The highest BCUT2D eigenvalue weighted by molar-refractivity contribution is 7.80. The Morgan fingerprint density at radius 2 is 1.27 bits per heavy atom. The standard InChI is InChI=1S/C36H42O2P2/c37-33-31-7-6-30-28(34-15-21-8-22(16-34)10-23(9-21)17-34)14-32(33)40-36(39(30)31,27-4-2-1-3-5-29(27)38-40)35-18-24-11-25(19-35)13-26(12-24)20-35/h2-7,14,21-26,30-32H,1,8-13,15-20H2/t21?,22?,23?,24?,25?,26?,30-,31-,32-,34?,35?,36+,39?,40?/m0/s1. The van der Waals surface area contributed by atoms with Crippen molar-refractivity contribution in [3.8, 4) is 0 Å². The van der Waals surface area contributed by atoms with Crippen molar-refractivity contribution in [3.63, 3.8) is 0 Å². The van der Waals surface area contributed by atoms with Crippen molar-refractivity contribution in [3.05, 3.63) is 59.4 Å². The van der Waals surface area contributed by atoms with E-state index < -0.39 is 16.1 Å². The van der Waals surface area contributed by atoms with E-state index in [0.29, 0.717) is 22.3 Å². The van der Waals surface area contributed by atoms with E-state index >= 15 is 0 Å². The summed E-state index contributed by atoms with van der Waals surface area (Å²) in [6.45, 7) is 0. The third-order valence-electron chi connectivity index (χ3n) is 14.4. The van der Waals surface area contributed by atoms with Crippen LogP contribution in [0.4, 0.5) is 0 Å². The van der Waals surface area contributed by atoms with E-state index in [0.717, 1.165) is 41.9 Å². The summed E-state index contributed by atoms with van der Waals surface area (Å²) in [6, 6.07) is 0. The van der Waals surface area contributed by atoms with Gasteiger partial charge in [0.05, 0.1) is 16.2 Å². The predicted molar refractivity (Wildman–Crippen MR) is 162 cm³/mol. The van der Waals surface area contributed by atoms with Gasteiger partial charge < -0.3 is 4.52 Å². The maximum absolute atomic E-state index is 14.6. The number of carbonyl (C=O) groups is 1. The molecule has 9 fully saturated rings. The summed E-state index contributed by atoms with van der Waals surface area (Å²) in [5, 5.41) is 0. The van der Waals surface area contributed by atoms with E-state index in [9.17, 15) is 4.79 Å². The zero-order valence-corrected chi connectivity index (χ0v) is 25.4. The highest BCUT2D eigenvalue weighted by Gasteiger charge is 2.77. The van der Waals surface area contributed by atoms with Crippen LogP contribution in [0.1, 0.15) is 83.5 Å². The number of allylic oxidation sites excluding steroid dienone is 9. The van der Waals surface area contributed by atoms with Crippen LogP contribution in [0.5, 0.6) is 0 Å². The third-order valence-corrected chi connectivity index (χ3v) is 21.8. The molecule has 0 aromatic carbocycles. The van der Waals surface area contributed by atoms with Crippen molar-refractivity contribution in [1.29, 1.82) is 0 Å². The molecule has 14 aliphatic rings. The van der Waals surface area contributed by atoms with Crippen molar-refractivity contribution in [2.24, 2.45) is 46.3 Å². The molecular weight excluding hydrogens is 526 g/mol. The fraction of sp³-hybridized carbons (Fsp3) is 0.694. The van der Waals surface area contributed by atoms with Crippen molar-refractivity contribution in [2.75, 3.05) is 0 Å². The van der Waals surface area contributed by atoms with Gasteiger partial charge in [0.1, 0.15) is 13.9 Å². The molecule has 2 nitrogen and oxygen atoms in total. The lowest BCUT2D eigenvalue weighted by Gasteiger charge is -2.67. The molecule has 8 saturated carbocycles. The van der Waals surface area contributed by atoms with Gasteiger partial charge in [0.15, 0.2) is 5.78 Å². The SMILES string of the molecule is O=C1[C@@H]2C=C(C34CC5CC(CC(C5)C3)C4)[C@@H]3C=C[C@@H]1P3[C@]1(C34CC5CC(CC(C5)C3)C4)C3=C(C=CCC=C3)OP21. The van der Waals surface area contributed by atoms with Gasteiger partial charge in [0.2, 0.25) is 0 Å². The Balaban J connectivity index is 1.15. The van der Waals surface area contributed by atoms with Gasteiger partial charge in [0, 0.05) is 11.2 Å². The molecule has 0 aromatic rings. The van der Waals surface area contributed by atoms with Crippen molar-refractivity contribution in [1.82, 2.24) is 0 Å². The fourth-order valence-corrected chi connectivity index (χ4v) is 23.5. The Morgan fingerprint density at radius 1 is 0.700 bits per heavy atom. The molecule has 4 heteroatoms. The molecule has 0 spiro atoms. The van der Waals surface area contributed by atoms with Crippen LogP contribution in [0.15, 0.2) is 59.4 Å². The maximum atomic E-state index is 14.6. The second kappa shape index (κ2) is 7.56. The highest BCUT2D eigenvalue weighted by Crippen LogP contribution is 2.93. The Morgan fingerprint density at radius 3 is 1.93 bits per heavy atom. The number of ketones is 1. The molecule has 0 radical (unpaired) electrons. The van der Waals surface area contributed by atoms with Crippen LogP contribution >= 0.6 is 16.1 Å². The third kappa shape index (κ3) is 2.64. The van der Waals surface area contributed by atoms with Gasteiger partial charge in [-0.2, -0.15) is 0 Å². The van der Waals surface area contributed by atoms with Gasteiger partial charge in [-0.15, -0.1) is 0 Å². The summed E-state index contributed by atoms with van der Waals surface area (Å²) < 4.78 is 7.35. The van der Waals surface area contributed by atoms with Crippen molar-refractivity contribution < 1.29 is 9.32 Å². The van der Waals surface area contributed by atoms with Crippen LogP contribution in [0.25, 0.3) is 0 Å². The molecule has 0 aromatic heterocycles. The van der Waals surface area contributed by atoms with Crippen LogP contribution < -0.4 is 0 Å². The minimum atomic E-state index is -0.902. The second-order valence-electron chi connectivity index (χ2n) is 16.5.